The van der Waals surface area contributed by atoms with E-state index in [4.69, 9.17) is 5.73 Å². The van der Waals surface area contributed by atoms with Crippen LogP contribution in [0.2, 0.25) is 0 Å². The fourth-order valence-electron chi connectivity index (χ4n) is 1.32. The molecule has 2 N–H and O–H groups in total. The van der Waals surface area contributed by atoms with E-state index in [1.807, 2.05) is 0 Å². The standard InChI is InChI=1S/C11H7BrF2N2/c12-8-4-11(15)16-5-7(8)6-1-2-9(13)10(14)3-6/h1-5H,(H2,15,16). The predicted molar refractivity (Wildman–Crippen MR) is 61.7 cm³/mol. The van der Waals surface area contributed by atoms with E-state index in [1.165, 1.54) is 12.3 Å². The van der Waals surface area contributed by atoms with Gasteiger partial charge in [-0.2, -0.15) is 0 Å². The van der Waals surface area contributed by atoms with Crippen molar-refractivity contribution in [3.8, 4) is 11.1 Å². The van der Waals surface area contributed by atoms with Crippen LogP contribution in [0, 0.1) is 11.6 Å². The number of nitrogens with zero attached hydrogens (tertiary/aromatic N) is 1. The van der Waals surface area contributed by atoms with Gasteiger partial charge in [0.25, 0.3) is 0 Å². The normalized spacial score (nSPS) is 10.4. The molecule has 0 aliphatic heterocycles. The number of nitrogen functional groups attached to an aromatic ring is 1. The summed E-state index contributed by atoms with van der Waals surface area (Å²) in [5.41, 5.74) is 6.68. The van der Waals surface area contributed by atoms with Gasteiger partial charge in [0.2, 0.25) is 0 Å². The molecule has 0 bridgehead atoms. The molecular weight excluding hydrogens is 278 g/mol. The zero-order chi connectivity index (χ0) is 11.7. The van der Waals surface area contributed by atoms with E-state index >= 15 is 0 Å². The number of anilines is 1. The van der Waals surface area contributed by atoms with Crippen molar-refractivity contribution < 1.29 is 8.78 Å². The summed E-state index contributed by atoms with van der Waals surface area (Å²) < 4.78 is 26.5. The monoisotopic (exact) mass is 284 g/mol. The Morgan fingerprint density at radius 1 is 1.12 bits per heavy atom. The SMILES string of the molecule is Nc1cc(Br)c(-c2ccc(F)c(F)c2)cn1. The van der Waals surface area contributed by atoms with Gasteiger partial charge in [0.05, 0.1) is 0 Å². The third-order valence-electron chi connectivity index (χ3n) is 2.11. The molecule has 0 amide bonds. The van der Waals surface area contributed by atoms with Crippen molar-refractivity contribution in [2.45, 2.75) is 0 Å². The van der Waals surface area contributed by atoms with Gasteiger partial charge in [0.1, 0.15) is 5.82 Å². The Balaban J connectivity index is 2.54. The average Bonchev–Trinajstić information content (AvgIpc) is 2.22. The van der Waals surface area contributed by atoms with Gasteiger partial charge in [0.15, 0.2) is 11.6 Å². The van der Waals surface area contributed by atoms with Gasteiger partial charge in [-0.15, -0.1) is 0 Å². The van der Waals surface area contributed by atoms with Crippen LogP contribution in [0.3, 0.4) is 0 Å². The van der Waals surface area contributed by atoms with E-state index in [9.17, 15) is 8.78 Å². The molecule has 0 aliphatic carbocycles. The van der Waals surface area contributed by atoms with Crippen molar-refractivity contribution >= 4 is 21.7 Å². The largest absolute Gasteiger partial charge is 0.384 e. The van der Waals surface area contributed by atoms with Crippen LogP contribution in [0.5, 0.6) is 0 Å². The first kappa shape index (κ1) is 11.0. The zero-order valence-electron chi connectivity index (χ0n) is 8.05. The van der Waals surface area contributed by atoms with Crippen LogP contribution in [-0.2, 0) is 0 Å². The van der Waals surface area contributed by atoms with E-state index in [2.05, 4.69) is 20.9 Å². The lowest BCUT2D eigenvalue weighted by molar-refractivity contribution is 0.509. The predicted octanol–water partition coefficient (Wildman–Crippen LogP) is 3.37. The number of benzene rings is 1. The minimum absolute atomic E-state index is 0.359. The average molecular weight is 285 g/mol. The molecule has 0 spiro atoms. The lowest BCUT2D eigenvalue weighted by Crippen LogP contribution is -1.92. The van der Waals surface area contributed by atoms with Crippen molar-refractivity contribution in [1.29, 1.82) is 0 Å². The van der Waals surface area contributed by atoms with Crippen LogP contribution >= 0.6 is 15.9 Å². The topological polar surface area (TPSA) is 38.9 Å². The molecule has 1 aromatic carbocycles. The third-order valence-corrected chi connectivity index (χ3v) is 2.76. The Kier molecular flexibility index (Phi) is 2.87. The number of rotatable bonds is 1. The number of pyridine rings is 1. The molecule has 0 saturated carbocycles. The first-order valence-electron chi connectivity index (χ1n) is 4.44. The fourth-order valence-corrected chi connectivity index (χ4v) is 1.89. The Hall–Kier alpha value is -1.49. The minimum Gasteiger partial charge on any atom is -0.384 e. The number of hydrogen-bond donors (Lipinski definition) is 1. The van der Waals surface area contributed by atoms with E-state index in [1.54, 1.807) is 6.07 Å². The Bertz CT molecular complexity index is 544. The third kappa shape index (κ3) is 2.04. The molecule has 1 aromatic heterocycles. The molecule has 1 heterocycles. The molecular formula is C11H7BrF2N2. The highest BCUT2D eigenvalue weighted by Gasteiger charge is 2.08. The summed E-state index contributed by atoms with van der Waals surface area (Å²) in [4.78, 5) is 3.90. The van der Waals surface area contributed by atoms with Crippen LogP contribution in [0.4, 0.5) is 14.6 Å². The van der Waals surface area contributed by atoms with Gasteiger partial charge in [-0.1, -0.05) is 6.07 Å². The van der Waals surface area contributed by atoms with Crippen molar-refractivity contribution in [2.75, 3.05) is 5.73 Å². The molecule has 2 nitrogen and oxygen atoms in total. The van der Waals surface area contributed by atoms with E-state index < -0.39 is 11.6 Å². The summed E-state index contributed by atoms with van der Waals surface area (Å²) in [7, 11) is 0. The summed E-state index contributed by atoms with van der Waals surface area (Å²) in [6.45, 7) is 0. The van der Waals surface area contributed by atoms with Crippen LogP contribution in [0.1, 0.15) is 0 Å². The van der Waals surface area contributed by atoms with Crippen LogP contribution in [-0.4, -0.2) is 4.98 Å². The summed E-state index contributed by atoms with van der Waals surface area (Å²) >= 11 is 3.29. The van der Waals surface area contributed by atoms with Gasteiger partial charge in [-0.25, -0.2) is 13.8 Å². The maximum Gasteiger partial charge on any atom is 0.159 e. The summed E-state index contributed by atoms with van der Waals surface area (Å²) in [5, 5.41) is 0. The van der Waals surface area contributed by atoms with Crippen molar-refractivity contribution in [3.63, 3.8) is 0 Å². The minimum atomic E-state index is -0.888. The van der Waals surface area contributed by atoms with Gasteiger partial charge >= 0.3 is 0 Å². The van der Waals surface area contributed by atoms with Crippen LogP contribution in [0.25, 0.3) is 11.1 Å². The van der Waals surface area contributed by atoms with Crippen LogP contribution < -0.4 is 5.73 Å². The molecule has 5 heteroatoms. The first-order chi connectivity index (χ1) is 7.58. The lowest BCUT2D eigenvalue weighted by Gasteiger charge is -2.05. The number of nitrogens with two attached hydrogens (primary N) is 1. The fraction of sp³-hybridized carbons (Fsp3) is 0. The molecule has 82 valence electrons. The highest BCUT2D eigenvalue weighted by molar-refractivity contribution is 9.10. The first-order valence-corrected chi connectivity index (χ1v) is 5.23. The molecule has 0 saturated heterocycles. The molecule has 0 aliphatic rings. The summed E-state index contributed by atoms with van der Waals surface area (Å²) in [6.07, 6.45) is 1.51. The molecule has 2 aromatic rings. The molecule has 0 unspecified atom stereocenters. The van der Waals surface area contributed by atoms with Crippen molar-refractivity contribution in [1.82, 2.24) is 4.98 Å². The quantitative estimate of drug-likeness (QED) is 0.872. The Labute approximate surface area is 99.2 Å². The Morgan fingerprint density at radius 2 is 1.88 bits per heavy atom. The van der Waals surface area contributed by atoms with Gasteiger partial charge in [0, 0.05) is 16.2 Å². The lowest BCUT2D eigenvalue weighted by atomic mass is 10.1. The van der Waals surface area contributed by atoms with Gasteiger partial charge < -0.3 is 5.73 Å². The van der Waals surface area contributed by atoms with E-state index in [0.717, 1.165) is 12.1 Å². The molecule has 0 atom stereocenters. The number of aromatic nitrogens is 1. The van der Waals surface area contributed by atoms with Crippen molar-refractivity contribution in [2.24, 2.45) is 0 Å². The second kappa shape index (κ2) is 4.17. The molecule has 0 radical (unpaired) electrons. The molecule has 16 heavy (non-hydrogen) atoms. The number of hydrogen-bond acceptors (Lipinski definition) is 2. The van der Waals surface area contributed by atoms with Crippen molar-refractivity contribution in [3.05, 3.63) is 46.6 Å². The maximum atomic E-state index is 13.0. The second-order valence-electron chi connectivity index (χ2n) is 3.22. The Morgan fingerprint density at radius 3 is 2.50 bits per heavy atom. The summed E-state index contributed by atoms with van der Waals surface area (Å²) in [5.74, 6) is -1.40. The smallest absolute Gasteiger partial charge is 0.159 e. The number of halogens is 3. The summed E-state index contributed by atoms with van der Waals surface area (Å²) in [6, 6.07) is 5.29. The molecule has 0 fully saturated rings. The highest BCUT2D eigenvalue weighted by atomic mass is 79.9. The van der Waals surface area contributed by atoms with Gasteiger partial charge in [-0.3, -0.25) is 0 Å². The van der Waals surface area contributed by atoms with Crippen LogP contribution in [0.15, 0.2) is 34.9 Å². The van der Waals surface area contributed by atoms with E-state index in [0.29, 0.717) is 21.4 Å². The maximum absolute atomic E-state index is 13.0. The van der Waals surface area contributed by atoms with E-state index in [-0.39, 0.29) is 0 Å². The second-order valence-corrected chi connectivity index (χ2v) is 4.07. The highest BCUT2D eigenvalue weighted by Crippen LogP contribution is 2.29. The zero-order valence-corrected chi connectivity index (χ0v) is 9.63. The van der Waals surface area contributed by atoms with Gasteiger partial charge in [-0.05, 0) is 39.7 Å². The molecule has 2 rings (SSSR count).